The zero-order chi connectivity index (χ0) is 14.7. The van der Waals surface area contributed by atoms with Crippen molar-refractivity contribution in [1.29, 1.82) is 0 Å². The summed E-state index contributed by atoms with van der Waals surface area (Å²) in [5, 5.41) is 6.76. The summed E-state index contributed by atoms with van der Waals surface area (Å²) in [5.74, 6) is 0. The third kappa shape index (κ3) is 3.96. The summed E-state index contributed by atoms with van der Waals surface area (Å²) in [6.45, 7) is 1.81. The van der Waals surface area contributed by atoms with Gasteiger partial charge in [0, 0.05) is 18.6 Å². The van der Waals surface area contributed by atoms with Gasteiger partial charge in [-0.05, 0) is 44.4 Å². The minimum Gasteiger partial charge on any atom is -0.382 e. The molecule has 1 aromatic carbocycles. The normalized spacial score (nSPS) is 23.0. The Balaban J connectivity index is 1.69. The van der Waals surface area contributed by atoms with Crippen LogP contribution in [0.15, 0.2) is 29.2 Å². The summed E-state index contributed by atoms with van der Waals surface area (Å²) in [6, 6.07) is 7.69. The highest BCUT2D eigenvalue weighted by Gasteiger charge is 2.29. The van der Waals surface area contributed by atoms with Crippen molar-refractivity contribution in [2.45, 2.75) is 49.1 Å². The molecule has 0 bridgehead atoms. The predicted octanol–water partition coefficient (Wildman–Crippen LogP) is 1.68. The number of piperidine rings is 1. The van der Waals surface area contributed by atoms with E-state index in [-0.39, 0.29) is 6.04 Å². The van der Waals surface area contributed by atoms with E-state index in [9.17, 15) is 8.42 Å². The van der Waals surface area contributed by atoms with E-state index in [1.807, 2.05) is 12.1 Å². The number of hydrogen-bond donors (Lipinski definition) is 3. The van der Waals surface area contributed by atoms with E-state index in [2.05, 4.69) is 15.4 Å². The zero-order valence-electron chi connectivity index (χ0n) is 12.1. The molecule has 3 N–H and O–H groups in total. The number of sulfonamides is 1. The molecule has 2 aliphatic rings. The van der Waals surface area contributed by atoms with Crippen LogP contribution in [0, 0.1) is 0 Å². The lowest BCUT2D eigenvalue weighted by Crippen LogP contribution is -2.39. The molecule has 116 valence electrons. The fourth-order valence-corrected chi connectivity index (χ4v) is 4.15. The van der Waals surface area contributed by atoms with Crippen molar-refractivity contribution in [3.05, 3.63) is 24.3 Å². The van der Waals surface area contributed by atoms with Gasteiger partial charge in [-0.15, -0.1) is 0 Å². The Bertz CT molecular complexity index is 578. The zero-order valence-corrected chi connectivity index (χ0v) is 13.0. The molecule has 1 aliphatic heterocycles. The third-order valence-electron chi connectivity index (χ3n) is 4.03. The smallest absolute Gasteiger partial charge is 0.242 e. The maximum atomic E-state index is 12.4. The molecular weight excluding hydrogens is 286 g/mol. The van der Waals surface area contributed by atoms with Gasteiger partial charge in [0.25, 0.3) is 0 Å². The summed E-state index contributed by atoms with van der Waals surface area (Å²) in [7, 11) is -3.41. The molecule has 2 fully saturated rings. The molecule has 5 nitrogen and oxygen atoms in total. The third-order valence-corrected chi connectivity index (χ3v) is 5.61. The summed E-state index contributed by atoms with van der Waals surface area (Å²) in [4.78, 5) is 0.354. The average Bonchev–Trinajstić information content (AvgIpc) is 3.30. The average molecular weight is 309 g/mol. The van der Waals surface area contributed by atoms with Gasteiger partial charge in [-0.3, -0.25) is 0 Å². The van der Waals surface area contributed by atoms with E-state index in [0.717, 1.165) is 32.4 Å². The van der Waals surface area contributed by atoms with Crippen molar-refractivity contribution in [2.24, 2.45) is 0 Å². The van der Waals surface area contributed by atoms with Crippen molar-refractivity contribution in [2.75, 3.05) is 18.4 Å². The van der Waals surface area contributed by atoms with Gasteiger partial charge in [-0.2, -0.15) is 0 Å². The molecule has 0 spiro atoms. The van der Waals surface area contributed by atoms with E-state index in [1.54, 1.807) is 12.1 Å². The molecule has 1 unspecified atom stereocenters. The van der Waals surface area contributed by atoms with Gasteiger partial charge in [-0.1, -0.05) is 18.6 Å². The SMILES string of the molecule is O=S(=O)(NC1CC1)c1ccccc1NCC1CCCCN1. The van der Waals surface area contributed by atoms with E-state index in [4.69, 9.17) is 0 Å². The number of para-hydroxylation sites is 1. The van der Waals surface area contributed by atoms with Gasteiger partial charge in [-0.25, -0.2) is 13.1 Å². The second kappa shape index (κ2) is 6.34. The van der Waals surface area contributed by atoms with Crippen LogP contribution in [0.25, 0.3) is 0 Å². The summed E-state index contributed by atoms with van der Waals surface area (Å²) in [6.07, 6.45) is 5.50. The van der Waals surface area contributed by atoms with Gasteiger partial charge in [0.2, 0.25) is 10.0 Å². The van der Waals surface area contributed by atoms with Crippen molar-refractivity contribution < 1.29 is 8.42 Å². The Morgan fingerprint density at radius 2 is 1.95 bits per heavy atom. The summed E-state index contributed by atoms with van der Waals surface area (Å²) < 4.78 is 27.5. The van der Waals surface area contributed by atoms with Crippen molar-refractivity contribution in [3.63, 3.8) is 0 Å². The fourth-order valence-electron chi connectivity index (χ4n) is 2.66. The van der Waals surface area contributed by atoms with Crippen LogP contribution in [0.2, 0.25) is 0 Å². The Kier molecular flexibility index (Phi) is 4.47. The van der Waals surface area contributed by atoms with E-state index >= 15 is 0 Å². The first-order valence-electron chi connectivity index (χ1n) is 7.74. The molecule has 1 aliphatic carbocycles. The first kappa shape index (κ1) is 14.8. The maximum absolute atomic E-state index is 12.4. The van der Waals surface area contributed by atoms with Crippen LogP contribution < -0.4 is 15.4 Å². The molecular formula is C15H23N3O2S. The van der Waals surface area contributed by atoms with Crippen LogP contribution in [0.3, 0.4) is 0 Å². The minimum absolute atomic E-state index is 0.128. The first-order chi connectivity index (χ1) is 10.1. The number of anilines is 1. The molecule has 6 heteroatoms. The van der Waals surface area contributed by atoms with Gasteiger partial charge < -0.3 is 10.6 Å². The van der Waals surface area contributed by atoms with Crippen LogP contribution >= 0.6 is 0 Å². The lowest BCUT2D eigenvalue weighted by Gasteiger charge is -2.24. The van der Waals surface area contributed by atoms with E-state index in [1.165, 1.54) is 12.8 Å². The van der Waals surface area contributed by atoms with Crippen LogP contribution in [-0.4, -0.2) is 33.6 Å². The lowest BCUT2D eigenvalue weighted by atomic mass is 10.1. The molecule has 0 amide bonds. The topological polar surface area (TPSA) is 70.2 Å². The molecule has 21 heavy (non-hydrogen) atoms. The van der Waals surface area contributed by atoms with Gasteiger partial charge in [0.15, 0.2) is 0 Å². The molecule has 3 rings (SSSR count). The van der Waals surface area contributed by atoms with E-state index < -0.39 is 10.0 Å². The second-order valence-corrected chi connectivity index (χ2v) is 7.60. The Hall–Kier alpha value is -1.11. The highest BCUT2D eigenvalue weighted by atomic mass is 32.2. The molecule has 1 aromatic rings. The van der Waals surface area contributed by atoms with E-state index in [0.29, 0.717) is 16.6 Å². The van der Waals surface area contributed by atoms with Gasteiger partial charge >= 0.3 is 0 Å². The summed E-state index contributed by atoms with van der Waals surface area (Å²) >= 11 is 0. The van der Waals surface area contributed by atoms with Crippen molar-refractivity contribution in [1.82, 2.24) is 10.0 Å². The lowest BCUT2D eigenvalue weighted by molar-refractivity contribution is 0.414. The van der Waals surface area contributed by atoms with Crippen molar-refractivity contribution in [3.8, 4) is 0 Å². The highest BCUT2D eigenvalue weighted by molar-refractivity contribution is 7.89. The van der Waals surface area contributed by atoms with Gasteiger partial charge in [0.05, 0.1) is 5.69 Å². The molecule has 1 heterocycles. The van der Waals surface area contributed by atoms with Crippen LogP contribution in [0.4, 0.5) is 5.69 Å². The fraction of sp³-hybridized carbons (Fsp3) is 0.600. The molecule has 0 radical (unpaired) electrons. The molecule has 1 atom stereocenters. The number of benzene rings is 1. The molecule has 1 saturated carbocycles. The minimum atomic E-state index is -3.41. The maximum Gasteiger partial charge on any atom is 0.242 e. The molecule has 0 aromatic heterocycles. The Labute approximate surface area is 126 Å². The monoisotopic (exact) mass is 309 g/mol. The standard InChI is InChI=1S/C15H23N3O2S/c19-21(20,18-12-8-9-12)15-7-2-1-6-14(15)17-11-13-5-3-4-10-16-13/h1-2,6-7,12-13,16-18H,3-5,8-11H2. The highest BCUT2D eigenvalue weighted by Crippen LogP contribution is 2.26. The van der Waals surface area contributed by atoms with Gasteiger partial charge in [0.1, 0.15) is 4.90 Å². The quantitative estimate of drug-likeness (QED) is 0.748. The Morgan fingerprint density at radius 1 is 1.14 bits per heavy atom. The second-order valence-electron chi connectivity index (χ2n) is 5.92. The number of rotatable bonds is 6. The first-order valence-corrected chi connectivity index (χ1v) is 9.22. The number of hydrogen-bond acceptors (Lipinski definition) is 4. The van der Waals surface area contributed by atoms with Crippen molar-refractivity contribution >= 4 is 15.7 Å². The van der Waals surface area contributed by atoms with Crippen LogP contribution in [0.1, 0.15) is 32.1 Å². The largest absolute Gasteiger partial charge is 0.382 e. The predicted molar refractivity (Wildman–Crippen MR) is 83.9 cm³/mol. The Morgan fingerprint density at radius 3 is 2.67 bits per heavy atom. The number of nitrogens with one attached hydrogen (secondary N) is 3. The molecule has 1 saturated heterocycles. The van der Waals surface area contributed by atoms with Crippen LogP contribution in [-0.2, 0) is 10.0 Å². The summed E-state index contributed by atoms with van der Waals surface area (Å²) in [5.41, 5.74) is 0.693. The van der Waals surface area contributed by atoms with Crippen LogP contribution in [0.5, 0.6) is 0 Å².